The number of anilines is 1. The number of H-pyrrole nitrogens is 1. The maximum absolute atomic E-state index is 13.2. The number of aromatic nitrogens is 4. The van der Waals surface area contributed by atoms with Crippen molar-refractivity contribution < 1.29 is 9.53 Å². The van der Waals surface area contributed by atoms with Gasteiger partial charge in [0.15, 0.2) is 0 Å². The lowest BCUT2D eigenvalue weighted by molar-refractivity contribution is -0.131. The Bertz CT molecular complexity index is 1090. The number of ether oxygens (including phenoxy) is 1. The van der Waals surface area contributed by atoms with E-state index in [0.717, 1.165) is 66.7 Å². The maximum Gasteiger partial charge on any atom is 0.227 e. The van der Waals surface area contributed by atoms with E-state index in [1.54, 1.807) is 0 Å². The fourth-order valence-corrected chi connectivity index (χ4v) is 4.83. The van der Waals surface area contributed by atoms with Gasteiger partial charge in [0.25, 0.3) is 0 Å². The summed E-state index contributed by atoms with van der Waals surface area (Å²) in [5.74, 6) is 1.72. The smallest absolute Gasteiger partial charge is 0.227 e. The molecule has 1 atom stereocenters. The Morgan fingerprint density at radius 2 is 1.94 bits per heavy atom. The summed E-state index contributed by atoms with van der Waals surface area (Å²) < 4.78 is 5.51. The van der Waals surface area contributed by atoms with Crippen LogP contribution >= 0.6 is 0 Å². The number of carbonyl (C=O) groups is 1. The number of rotatable bonds is 7. The second-order valence-electron chi connectivity index (χ2n) is 8.63. The predicted molar refractivity (Wildman–Crippen MR) is 126 cm³/mol. The molecule has 8 nitrogen and oxygen atoms in total. The lowest BCUT2D eigenvalue weighted by atomic mass is 10.0. The Balaban J connectivity index is 1.34. The second-order valence-corrected chi connectivity index (χ2v) is 8.63. The van der Waals surface area contributed by atoms with Crippen LogP contribution < -0.4 is 9.64 Å². The zero-order chi connectivity index (χ0) is 22.6. The highest BCUT2D eigenvalue weighted by molar-refractivity contribution is 5.80. The minimum Gasteiger partial charge on any atom is -0.494 e. The fourth-order valence-electron chi connectivity index (χ4n) is 4.83. The summed E-state index contributed by atoms with van der Waals surface area (Å²) in [6.45, 7) is 5.34. The molecule has 1 aromatic carbocycles. The first-order valence-corrected chi connectivity index (χ1v) is 11.9. The van der Waals surface area contributed by atoms with Crippen LogP contribution in [0, 0.1) is 0 Å². The van der Waals surface area contributed by atoms with Crippen LogP contribution in [0.5, 0.6) is 5.75 Å². The van der Waals surface area contributed by atoms with Crippen LogP contribution in [0.2, 0.25) is 0 Å². The molecule has 33 heavy (non-hydrogen) atoms. The van der Waals surface area contributed by atoms with Crippen LogP contribution in [0.1, 0.15) is 49.9 Å². The van der Waals surface area contributed by atoms with E-state index < -0.39 is 0 Å². The molecule has 0 saturated carbocycles. The van der Waals surface area contributed by atoms with Crippen molar-refractivity contribution in [3.05, 3.63) is 54.0 Å². The van der Waals surface area contributed by atoms with E-state index in [9.17, 15) is 4.79 Å². The van der Waals surface area contributed by atoms with Crippen molar-refractivity contribution in [3.8, 4) is 17.0 Å². The highest BCUT2D eigenvalue weighted by Gasteiger charge is 2.33. The Morgan fingerprint density at radius 1 is 1.12 bits per heavy atom. The molecule has 0 bridgehead atoms. The van der Waals surface area contributed by atoms with Gasteiger partial charge in [0.2, 0.25) is 11.9 Å². The van der Waals surface area contributed by atoms with Gasteiger partial charge in [-0.05, 0) is 56.4 Å². The monoisotopic (exact) mass is 446 g/mol. The molecule has 4 heterocycles. The Kier molecular flexibility index (Phi) is 6.24. The van der Waals surface area contributed by atoms with E-state index in [4.69, 9.17) is 9.72 Å². The summed E-state index contributed by atoms with van der Waals surface area (Å²) in [6, 6.07) is 9.69. The molecule has 0 spiro atoms. The zero-order valence-corrected chi connectivity index (χ0v) is 19.0. The molecule has 172 valence electrons. The summed E-state index contributed by atoms with van der Waals surface area (Å²) in [6.07, 6.45) is 8.25. The number of nitrogens with zero attached hydrogens (tertiary/aromatic N) is 5. The Hall–Kier alpha value is -3.42. The van der Waals surface area contributed by atoms with E-state index in [0.29, 0.717) is 13.0 Å². The molecule has 3 aromatic rings. The number of nitrogens with one attached hydrogen (secondary N) is 1. The van der Waals surface area contributed by atoms with E-state index in [2.05, 4.69) is 20.1 Å². The third-order valence-electron chi connectivity index (χ3n) is 6.47. The molecule has 2 aromatic heterocycles. The number of hydrogen-bond acceptors (Lipinski definition) is 6. The molecule has 8 heteroatoms. The standard InChI is InChI=1S/C25H30N6O2/c1-2-33-19-9-7-18(8-10-19)16-23(32)31-15-5-6-22(31)24-20(17-27-29-24)21-11-12-26-25(28-21)30-13-3-4-14-30/h7-12,17,22H,2-6,13-16H2,1H3,(H,27,29)/t22-/m1/s1. The Morgan fingerprint density at radius 3 is 2.73 bits per heavy atom. The molecule has 2 fully saturated rings. The summed E-state index contributed by atoms with van der Waals surface area (Å²) in [4.78, 5) is 26.8. The maximum atomic E-state index is 13.2. The highest BCUT2D eigenvalue weighted by atomic mass is 16.5. The van der Waals surface area contributed by atoms with Gasteiger partial charge in [-0.25, -0.2) is 9.97 Å². The largest absolute Gasteiger partial charge is 0.494 e. The number of likely N-dealkylation sites (tertiary alicyclic amines) is 1. The van der Waals surface area contributed by atoms with E-state index in [1.807, 2.05) is 54.5 Å². The molecule has 2 saturated heterocycles. The average molecular weight is 447 g/mol. The zero-order valence-electron chi connectivity index (χ0n) is 19.0. The van der Waals surface area contributed by atoms with Crippen LogP contribution in [-0.4, -0.2) is 57.2 Å². The summed E-state index contributed by atoms with van der Waals surface area (Å²) in [5.41, 5.74) is 3.74. The lowest BCUT2D eigenvalue weighted by Gasteiger charge is -2.25. The molecule has 0 radical (unpaired) electrons. The minimum atomic E-state index is -0.0251. The average Bonchev–Trinajstić information content (AvgIpc) is 3.62. The molecule has 2 aliphatic heterocycles. The lowest BCUT2D eigenvalue weighted by Crippen LogP contribution is -2.32. The van der Waals surface area contributed by atoms with Crippen molar-refractivity contribution in [1.82, 2.24) is 25.1 Å². The van der Waals surface area contributed by atoms with Gasteiger partial charge in [-0.2, -0.15) is 5.10 Å². The molecule has 1 N–H and O–H groups in total. The van der Waals surface area contributed by atoms with Gasteiger partial charge in [-0.1, -0.05) is 12.1 Å². The Labute approximate surface area is 194 Å². The number of hydrogen-bond donors (Lipinski definition) is 1. The summed E-state index contributed by atoms with van der Waals surface area (Å²) in [7, 11) is 0. The fraction of sp³-hybridized carbons (Fsp3) is 0.440. The topological polar surface area (TPSA) is 87.2 Å². The van der Waals surface area contributed by atoms with E-state index >= 15 is 0 Å². The van der Waals surface area contributed by atoms with Gasteiger partial charge in [-0.15, -0.1) is 0 Å². The normalized spacial score (nSPS) is 18.2. The molecule has 5 rings (SSSR count). The van der Waals surface area contributed by atoms with Crippen molar-refractivity contribution in [2.24, 2.45) is 0 Å². The SMILES string of the molecule is CCOc1ccc(CC(=O)N2CCC[C@@H]2c2[nH]ncc2-c2ccnc(N3CCCC3)n2)cc1. The quantitative estimate of drug-likeness (QED) is 0.594. The first kappa shape index (κ1) is 21.4. The van der Waals surface area contributed by atoms with Crippen molar-refractivity contribution in [1.29, 1.82) is 0 Å². The molecule has 1 amide bonds. The predicted octanol–water partition coefficient (Wildman–Crippen LogP) is 3.77. The van der Waals surface area contributed by atoms with Crippen LogP contribution in [0.3, 0.4) is 0 Å². The molecular formula is C25H30N6O2. The third-order valence-corrected chi connectivity index (χ3v) is 6.47. The molecule has 0 aliphatic carbocycles. The molecule has 0 unspecified atom stereocenters. The van der Waals surface area contributed by atoms with Gasteiger partial charge < -0.3 is 14.5 Å². The second kappa shape index (κ2) is 9.60. The van der Waals surface area contributed by atoms with Gasteiger partial charge in [0.1, 0.15) is 5.75 Å². The third kappa shape index (κ3) is 4.55. The van der Waals surface area contributed by atoms with Crippen LogP contribution in [0.4, 0.5) is 5.95 Å². The number of amides is 1. The summed E-state index contributed by atoms with van der Waals surface area (Å²) >= 11 is 0. The number of carbonyl (C=O) groups excluding carboxylic acids is 1. The molecule has 2 aliphatic rings. The van der Waals surface area contributed by atoms with Crippen LogP contribution in [0.15, 0.2) is 42.7 Å². The van der Waals surface area contributed by atoms with Crippen LogP contribution in [0.25, 0.3) is 11.3 Å². The van der Waals surface area contributed by atoms with E-state index in [-0.39, 0.29) is 11.9 Å². The van der Waals surface area contributed by atoms with Gasteiger partial charge in [0.05, 0.1) is 36.7 Å². The van der Waals surface area contributed by atoms with Crippen molar-refractivity contribution in [2.75, 3.05) is 31.1 Å². The number of benzene rings is 1. The van der Waals surface area contributed by atoms with Gasteiger partial charge in [-0.3, -0.25) is 9.89 Å². The minimum absolute atomic E-state index is 0.0251. The first-order chi connectivity index (χ1) is 16.2. The van der Waals surface area contributed by atoms with E-state index in [1.165, 1.54) is 12.8 Å². The van der Waals surface area contributed by atoms with Gasteiger partial charge >= 0.3 is 0 Å². The first-order valence-electron chi connectivity index (χ1n) is 11.9. The highest BCUT2D eigenvalue weighted by Crippen LogP contribution is 2.36. The van der Waals surface area contributed by atoms with Crippen molar-refractivity contribution in [2.45, 2.75) is 45.1 Å². The number of aromatic amines is 1. The van der Waals surface area contributed by atoms with Crippen LogP contribution in [-0.2, 0) is 11.2 Å². The van der Waals surface area contributed by atoms with Gasteiger partial charge in [0, 0.05) is 31.4 Å². The molecular weight excluding hydrogens is 416 g/mol. The van der Waals surface area contributed by atoms with Crippen molar-refractivity contribution >= 4 is 11.9 Å². The van der Waals surface area contributed by atoms with Crippen molar-refractivity contribution in [3.63, 3.8) is 0 Å². The summed E-state index contributed by atoms with van der Waals surface area (Å²) in [5, 5.41) is 7.50.